The fourth-order valence-electron chi connectivity index (χ4n) is 1.39. The van der Waals surface area contributed by atoms with Gasteiger partial charge in [-0.15, -0.1) is 0 Å². The van der Waals surface area contributed by atoms with Crippen molar-refractivity contribution in [2.45, 2.75) is 26.3 Å². The molecule has 0 unspecified atom stereocenters. The maximum absolute atomic E-state index is 11.8. The second-order valence-corrected chi connectivity index (χ2v) is 5.37. The van der Waals surface area contributed by atoms with Crippen molar-refractivity contribution in [3.63, 3.8) is 0 Å². The molecule has 0 aliphatic heterocycles. The smallest absolute Gasteiger partial charge is 0.340 e. The first-order chi connectivity index (χ1) is 10.3. The van der Waals surface area contributed by atoms with Crippen molar-refractivity contribution in [1.29, 1.82) is 0 Å². The summed E-state index contributed by atoms with van der Waals surface area (Å²) in [6.07, 6.45) is 0.728. The third-order valence-corrected chi connectivity index (χ3v) is 3.28. The second kappa shape index (κ2) is 8.60. The van der Waals surface area contributed by atoms with Crippen LogP contribution in [0.4, 0.5) is 4.79 Å². The Morgan fingerprint density at radius 3 is 2.55 bits per heavy atom. The lowest BCUT2D eigenvalue weighted by Crippen LogP contribution is -2.44. The number of esters is 1. The molecule has 0 bridgehead atoms. The van der Waals surface area contributed by atoms with E-state index in [-0.39, 0.29) is 16.6 Å². The molecule has 1 aromatic rings. The van der Waals surface area contributed by atoms with Gasteiger partial charge >= 0.3 is 12.0 Å². The fourth-order valence-corrected chi connectivity index (χ4v) is 1.87. The Bertz CT molecular complexity index is 578. The third kappa shape index (κ3) is 5.91. The molecule has 0 aliphatic carbocycles. The number of imide groups is 1. The molecule has 8 heteroatoms. The van der Waals surface area contributed by atoms with Crippen LogP contribution in [0.1, 0.15) is 30.6 Å². The number of rotatable bonds is 5. The highest BCUT2D eigenvalue weighted by Gasteiger charge is 2.15. The van der Waals surface area contributed by atoms with Crippen molar-refractivity contribution in [3.05, 3.63) is 33.8 Å². The molecule has 1 rings (SSSR count). The van der Waals surface area contributed by atoms with Crippen molar-refractivity contribution >= 4 is 41.1 Å². The SMILES string of the molecule is CC[C@@H](C)NC(=O)NC(=O)COC(=O)c1ccc(Cl)cc1Cl. The van der Waals surface area contributed by atoms with Gasteiger partial charge in [-0.05, 0) is 31.5 Å². The van der Waals surface area contributed by atoms with Gasteiger partial charge in [0.2, 0.25) is 0 Å². The minimum absolute atomic E-state index is 0.0665. The Kier molecular flexibility index (Phi) is 7.14. The van der Waals surface area contributed by atoms with Crippen LogP contribution in [-0.4, -0.2) is 30.6 Å². The van der Waals surface area contributed by atoms with Crippen molar-refractivity contribution in [3.8, 4) is 0 Å². The topological polar surface area (TPSA) is 84.5 Å². The van der Waals surface area contributed by atoms with Crippen LogP contribution in [-0.2, 0) is 9.53 Å². The minimum Gasteiger partial charge on any atom is -0.452 e. The van der Waals surface area contributed by atoms with Gasteiger partial charge in [0.05, 0.1) is 10.6 Å². The van der Waals surface area contributed by atoms with Gasteiger partial charge in [0, 0.05) is 11.1 Å². The Balaban J connectivity index is 2.46. The molecular weight excluding hydrogens is 331 g/mol. The number of carbonyl (C=O) groups is 3. The van der Waals surface area contributed by atoms with E-state index in [0.29, 0.717) is 5.02 Å². The van der Waals surface area contributed by atoms with Crippen LogP contribution < -0.4 is 10.6 Å². The standard InChI is InChI=1S/C14H16Cl2N2O4/c1-3-8(2)17-14(21)18-12(19)7-22-13(20)10-5-4-9(15)6-11(10)16/h4-6,8H,3,7H2,1-2H3,(H2,17,18,19,21)/t8-/m1/s1. The quantitative estimate of drug-likeness (QED) is 0.802. The van der Waals surface area contributed by atoms with E-state index >= 15 is 0 Å². The summed E-state index contributed by atoms with van der Waals surface area (Å²) in [7, 11) is 0. The lowest BCUT2D eigenvalue weighted by molar-refractivity contribution is -0.123. The molecule has 6 nitrogen and oxygen atoms in total. The molecule has 0 saturated carbocycles. The van der Waals surface area contributed by atoms with Crippen molar-refractivity contribution < 1.29 is 19.1 Å². The van der Waals surface area contributed by atoms with Gasteiger partial charge in [-0.25, -0.2) is 9.59 Å². The van der Waals surface area contributed by atoms with E-state index in [1.165, 1.54) is 18.2 Å². The predicted molar refractivity (Wildman–Crippen MR) is 83.2 cm³/mol. The Labute approximate surface area is 138 Å². The predicted octanol–water partition coefficient (Wildman–Crippen LogP) is 2.77. The van der Waals surface area contributed by atoms with Gasteiger partial charge in [0.15, 0.2) is 6.61 Å². The maximum Gasteiger partial charge on any atom is 0.340 e. The fraction of sp³-hybridized carbons (Fsp3) is 0.357. The monoisotopic (exact) mass is 346 g/mol. The van der Waals surface area contributed by atoms with Crippen LogP contribution in [0.25, 0.3) is 0 Å². The normalized spacial score (nSPS) is 11.5. The van der Waals surface area contributed by atoms with Crippen molar-refractivity contribution in [2.75, 3.05) is 6.61 Å². The number of nitrogens with one attached hydrogen (secondary N) is 2. The van der Waals surface area contributed by atoms with Gasteiger partial charge in [0.1, 0.15) is 0 Å². The van der Waals surface area contributed by atoms with Gasteiger partial charge in [-0.3, -0.25) is 10.1 Å². The molecule has 1 aromatic carbocycles. The third-order valence-electron chi connectivity index (χ3n) is 2.73. The van der Waals surface area contributed by atoms with Crippen molar-refractivity contribution in [2.24, 2.45) is 0 Å². The average Bonchev–Trinajstić information content (AvgIpc) is 2.44. The van der Waals surface area contributed by atoms with Crippen LogP contribution in [0.2, 0.25) is 10.0 Å². The molecule has 22 heavy (non-hydrogen) atoms. The largest absolute Gasteiger partial charge is 0.452 e. The highest BCUT2D eigenvalue weighted by molar-refractivity contribution is 6.36. The summed E-state index contributed by atoms with van der Waals surface area (Å²) in [6.45, 7) is 3.10. The lowest BCUT2D eigenvalue weighted by atomic mass is 10.2. The number of ether oxygens (including phenoxy) is 1. The zero-order chi connectivity index (χ0) is 16.7. The average molecular weight is 347 g/mol. The van der Waals surface area contributed by atoms with E-state index in [1.807, 2.05) is 6.92 Å². The number of hydrogen-bond donors (Lipinski definition) is 2. The Hall–Kier alpha value is -1.79. The van der Waals surface area contributed by atoms with Crippen LogP contribution >= 0.6 is 23.2 Å². The van der Waals surface area contributed by atoms with Crippen LogP contribution in [0.3, 0.4) is 0 Å². The number of halogens is 2. The maximum atomic E-state index is 11.8. The zero-order valence-corrected chi connectivity index (χ0v) is 13.6. The molecule has 0 radical (unpaired) electrons. The summed E-state index contributed by atoms with van der Waals surface area (Å²) in [5.41, 5.74) is 0.0860. The first-order valence-corrected chi connectivity index (χ1v) is 7.31. The van der Waals surface area contributed by atoms with Gasteiger partial charge in [0.25, 0.3) is 5.91 Å². The van der Waals surface area contributed by atoms with Crippen molar-refractivity contribution in [1.82, 2.24) is 10.6 Å². The van der Waals surface area contributed by atoms with Crippen LogP contribution in [0.5, 0.6) is 0 Å². The van der Waals surface area contributed by atoms with Gasteiger partial charge in [-0.2, -0.15) is 0 Å². The summed E-state index contributed by atoms with van der Waals surface area (Å²) >= 11 is 11.6. The molecule has 1 atom stereocenters. The minimum atomic E-state index is -0.779. The molecule has 2 N–H and O–H groups in total. The number of hydrogen-bond acceptors (Lipinski definition) is 4. The van der Waals surface area contributed by atoms with Crippen LogP contribution in [0, 0.1) is 0 Å². The van der Waals surface area contributed by atoms with E-state index in [4.69, 9.17) is 27.9 Å². The molecule has 0 saturated heterocycles. The Morgan fingerprint density at radius 2 is 1.95 bits per heavy atom. The molecule has 0 heterocycles. The molecule has 0 fully saturated rings. The molecule has 0 aliphatic rings. The molecule has 0 aromatic heterocycles. The summed E-state index contributed by atoms with van der Waals surface area (Å²) in [4.78, 5) is 34.7. The molecule has 0 spiro atoms. The van der Waals surface area contributed by atoms with Gasteiger partial charge in [-0.1, -0.05) is 30.1 Å². The number of amides is 3. The summed E-state index contributed by atoms with van der Waals surface area (Å²) in [6, 6.07) is 3.55. The number of benzene rings is 1. The first kappa shape index (κ1) is 18.3. The first-order valence-electron chi connectivity index (χ1n) is 6.56. The molecule has 120 valence electrons. The van der Waals surface area contributed by atoms with E-state index in [2.05, 4.69) is 10.6 Å². The lowest BCUT2D eigenvalue weighted by Gasteiger charge is -2.12. The number of carbonyl (C=O) groups excluding carboxylic acids is 3. The second-order valence-electron chi connectivity index (χ2n) is 4.53. The summed E-state index contributed by atoms with van der Waals surface area (Å²) in [5.74, 6) is -1.52. The highest BCUT2D eigenvalue weighted by atomic mass is 35.5. The zero-order valence-electron chi connectivity index (χ0n) is 12.1. The summed E-state index contributed by atoms with van der Waals surface area (Å²) in [5, 5.41) is 5.10. The van der Waals surface area contributed by atoms with E-state index < -0.39 is 24.5 Å². The Morgan fingerprint density at radius 1 is 1.27 bits per heavy atom. The van der Waals surface area contributed by atoms with E-state index in [9.17, 15) is 14.4 Å². The van der Waals surface area contributed by atoms with E-state index in [0.717, 1.165) is 6.42 Å². The highest BCUT2D eigenvalue weighted by Crippen LogP contribution is 2.21. The van der Waals surface area contributed by atoms with Crippen LogP contribution in [0.15, 0.2) is 18.2 Å². The summed E-state index contributed by atoms with van der Waals surface area (Å²) < 4.78 is 4.78. The van der Waals surface area contributed by atoms with Gasteiger partial charge < -0.3 is 10.1 Å². The number of urea groups is 1. The molecule has 3 amide bonds. The van der Waals surface area contributed by atoms with E-state index in [1.54, 1.807) is 6.92 Å². The molecular formula is C14H16Cl2N2O4.